The molecule has 1 unspecified atom stereocenters. The summed E-state index contributed by atoms with van der Waals surface area (Å²) in [5.41, 5.74) is 0. The van der Waals surface area contributed by atoms with Crippen molar-refractivity contribution in [2.75, 3.05) is 37.8 Å². The first-order valence-electron chi connectivity index (χ1n) is 7.48. The number of nitrogens with zero attached hydrogens (tertiary/aromatic N) is 4. The molecule has 2 N–H and O–H groups in total. The first-order chi connectivity index (χ1) is 9.90. The zero-order valence-electron chi connectivity index (χ0n) is 14.0. The van der Waals surface area contributed by atoms with Crippen LogP contribution >= 0.6 is 0 Å². The molecular weight excluding hydrogens is 268 g/mol. The van der Waals surface area contributed by atoms with E-state index in [0.29, 0.717) is 17.9 Å². The molecule has 0 spiro atoms. The van der Waals surface area contributed by atoms with E-state index in [0.717, 1.165) is 19.5 Å². The molecule has 0 aromatic carbocycles. The van der Waals surface area contributed by atoms with Crippen molar-refractivity contribution in [3.63, 3.8) is 0 Å². The topological polar surface area (TPSA) is 75.2 Å². The Hall–Kier alpha value is -1.63. The Balaban J connectivity index is 2.76. The highest BCUT2D eigenvalue weighted by Crippen LogP contribution is 2.13. The molecule has 0 fully saturated rings. The lowest BCUT2D eigenvalue weighted by atomic mass is 10.2. The molecule has 120 valence electrons. The fourth-order valence-electron chi connectivity index (χ4n) is 1.67. The lowest BCUT2D eigenvalue weighted by molar-refractivity contribution is 0.222. The Morgan fingerprint density at radius 2 is 1.76 bits per heavy atom. The number of hydrogen-bond donors (Lipinski definition) is 2. The van der Waals surface area contributed by atoms with Crippen molar-refractivity contribution in [2.45, 2.75) is 46.3 Å². The van der Waals surface area contributed by atoms with E-state index in [-0.39, 0.29) is 12.1 Å². The van der Waals surface area contributed by atoms with Gasteiger partial charge in [0.05, 0.1) is 6.10 Å². The monoisotopic (exact) mass is 296 g/mol. The highest BCUT2D eigenvalue weighted by atomic mass is 16.5. The lowest BCUT2D eigenvalue weighted by Gasteiger charge is -2.17. The maximum Gasteiger partial charge on any atom is 0.323 e. The van der Waals surface area contributed by atoms with Crippen molar-refractivity contribution in [3.8, 4) is 6.01 Å². The van der Waals surface area contributed by atoms with Crippen LogP contribution in [0.2, 0.25) is 0 Å². The predicted molar refractivity (Wildman–Crippen MR) is 86.0 cm³/mol. The third-order valence-electron chi connectivity index (χ3n) is 2.68. The largest absolute Gasteiger partial charge is 0.461 e. The van der Waals surface area contributed by atoms with Crippen molar-refractivity contribution in [1.29, 1.82) is 0 Å². The molecule has 1 heterocycles. The average molecular weight is 296 g/mol. The second-order valence-corrected chi connectivity index (χ2v) is 5.60. The van der Waals surface area contributed by atoms with E-state index < -0.39 is 0 Å². The van der Waals surface area contributed by atoms with E-state index >= 15 is 0 Å². The normalized spacial score (nSPS) is 12.6. The van der Waals surface area contributed by atoms with Crippen molar-refractivity contribution in [1.82, 2.24) is 19.9 Å². The smallest absolute Gasteiger partial charge is 0.323 e. The van der Waals surface area contributed by atoms with Gasteiger partial charge in [-0.2, -0.15) is 15.0 Å². The van der Waals surface area contributed by atoms with Gasteiger partial charge in [0.15, 0.2) is 0 Å². The number of anilines is 2. The number of rotatable bonds is 9. The molecule has 0 saturated heterocycles. The molecule has 0 radical (unpaired) electrons. The molecule has 0 saturated carbocycles. The second-order valence-electron chi connectivity index (χ2n) is 5.60. The van der Waals surface area contributed by atoms with Gasteiger partial charge in [0, 0.05) is 12.6 Å². The van der Waals surface area contributed by atoms with Gasteiger partial charge in [0.25, 0.3) is 0 Å². The van der Waals surface area contributed by atoms with Crippen LogP contribution in [0, 0.1) is 0 Å². The zero-order valence-corrected chi connectivity index (χ0v) is 14.0. The third-order valence-corrected chi connectivity index (χ3v) is 2.68. The van der Waals surface area contributed by atoms with Crippen LogP contribution in [0.5, 0.6) is 6.01 Å². The molecule has 21 heavy (non-hydrogen) atoms. The summed E-state index contributed by atoms with van der Waals surface area (Å²) < 4.78 is 5.57. The summed E-state index contributed by atoms with van der Waals surface area (Å²) in [4.78, 5) is 15.1. The van der Waals surface area contributed by atoms with Crippen LogP contribution in [0.4, 0.5) is 11.9 Å². The Bertz CT molecular complexity index is 424. The fraction of sp³-hybridized carbons (Fsp3) is 0.786. The van der Waals surface area contributed by atoms with E-state index in [4.69, 9.17) is 4.74 Å². The van der Waals surface area contributed by atoms with Gasteiger partial charge in [-0.3, -0.25) is 0 Å². The van der Waals surface area contributed by atoms with Gasteiger partial charge in [-0.15, -0.1) is 0 Å². The Labute approximate surface area is 127 Å². The van der Waals surface area contributed by atoms with Crippen molar-refractivity contribution in [2.24, 2.45) is 0 Å². The van der Waals surface area contributed by atoms with Crippen LogP contribution in [0.15, 0.2) is 0 Å². The van der Waals surface area contributed by atoms with Gasteiger partial charge in [-0.05, 0) is 54.8 Å². The van der Waals surface area contributed by atoms with Crippen LogP contribution < -0.4 is 15.4 Å². The molecule has 1 aromatic heterocycles. The molecule has 7 nitrogen and oxygen atoms in total. The Kier molecular flexibility index (Phi) is 7.14. The van der Waals surface area contributed by atoms with Crippen LogP contribution in [-0.2, 0) is 0 Å². The highest BCUT2D eigenvalue weighted by molar-refractivity contribution is 5.36. The molecule has 0 aliphatic heterocycles. The molecule has 1 atom stereocenters. The molecule has 0 aliphatic rings. The summed E-state index contributed by atoms with van der Waals surface area (Å²) in [6, 6.07) is 0.620. The summed E-state index contributed by atoms with van der Waals surface area (Å²) in [6.07, 6.45) is 1.04. The van der Waals surface area contributed by atoms with E-state index in [1.54, 1.807) is 0 Å². The van der Waals surface area contributed by atoms with Gasteiger partial charge < -0.3 is 20.3 Å². The van der Waals surface area contributed by atoms with Gasteiger partial charge in [-0.25, -0.2) is 0 Å². The van der Waals surface area contributed by atoms with E-state index in [1.165, 1.54) is 0 Å². The van der Waals surface area contributed by atoms with Crippen molar-refractivity contribution in [3.05, 3.63) is 0 Å². The minimum absolute atomic E-state index is 0.0286. The molecule has 1 aromatic rings. The van der Waals surface area contributed by atoms with Crippen molar-refractivity contribution < 1.29 is 4.74 Å². The quantitative estimate of drug-likeness (QED) is 0.720. The van der Waals surface area contributed by atoms with Gasteiger partial charge >= 0.3 is 6.01 Å². The lowest BCUT2D eigenvalue weighted by Crippen LogP contribution is -2.24. The maximum absolute atomic E-state index is 5.57. The molecule has 0 aliphatic carbocycles. The standard InChI is InChI=1S/C14H28N6O/c1-7-15-12-17-13(16-11(4)8-9-20(5)6)19-14(18-12)21-10(2)3/h10-11H,7-9H2,1-6H3,(H2,15,16,17,18,19). The highest BCUT2D eigenvalue weighted by Gasteiger charge is 2.11. The first kappa shape index (κ1) is 17.4. The molecule has 7 heteroatoms. The Morgan fingerprint density at radius 1 is 1.10 bits per heavy atom. The molecule has 1 rings (SSSR count). The van der Waals surface area contributed by atoms with Crippen molar-refractivity contribution >= 4 is 11.9 Å². The summed E-state index contributed by atoms with van der Waals surface area (Å²) in [7, 11) is 4.13. The van der Waals surface area contributed by atoms with Crippen LogP contribution in [0.3, 0.4) is 0 Å². The fourth-order valence-corrected chi connectivity index (χ4v) is 1.67. The number of aromatic nitrogens is 3. The molecular formula is C14H28N6O. The average Bonchev–Trinajstić information content (AvgIpc) is 2.35. The summed E-state index contributed by atoms with van der Waals surface area (Å²) in [5.74, 6) is 1.08. The van der Waals surface area contributed by atoms with E-state index in [9.17, 15) is 0 Å². The third kappa shape index (κ3) is 7.08. The van der Waals surface area contributed by atoms with Crippen LogP contribution in [0.1, 0.15) is 34.1 Å². The second kappa shape index (κ2) is 8.61. The number of ether oxygens (including phenoxy) is 1. The summed E-state index contributed by atoms with van der Waals surface area (Å²) in [5, 5.41) is 6.40. The van der Waals surface area contributed by atoms with E-state index in [1.807, 2.05) is 20.8 Å². The zero-order chi connectivity index (χ0) is 15.8. The summed E-state index contributed by atoms with van der Waals surface area (Å²) in [6.45, 7) is 9.77. The number of hydrogen-bond acceptors (Lipinski definition) is 7. The van der Waals surface area contributed by atoms with Gasteiger partial charge in [-0.1, -0.05) is 0 Å². The van der Waals surface area contributed by atoms with Crippen LogP contribution in [-0.4, -0.2) is 59.2 Å². The number of nitrogens with one attached hydrogen (secondary N) is 2. The molecule has 0 bridgehead atoms. The Morgan fingerprint density at radius 3 is 2.33 bits per heavy atom. The molecule has 0 amide bonds. The maximum atomic E-state index is 5.57. The predicted octanol–water partition coefficient (Wildman–Crippen LogP) is 1.84. The first-order valence-corrected chi connectivity index (χ1v) is 7.48. The summed E-state index contributed by atoms with van der Waals surface area (Å²) >= 11 is 0. The minimum atomic E-state index is 0.0286. The van der Waals surface area contributed by atoms with Crippen LogP contribution in [0.25, 0.3) is 0 Å². The van der Waals surface area contributed by atoms with E-state index in [2.05, 4.69) is 51.5 Å². The van der Waals surface area contributed by atoms with Gasteiger partial charge in [0.1, 0.15) is 0 Å². The van der Waals surface area contributed by atoms with Gasteiger partial charge in [0.2, 0.25) is 11.9 Å². The SMILES string of the molecule is CCNc1nc(NC(C)CCN(C)C)nc(OC(C)C)n1. The minimum Gasteiger partial charge on any atom is -0.461 e.